The molecule has 2 aromatic carbocycles. The Morgan fingerprint density at radius 1 is 1.22 bits per heavy atom. The third-order valence-corrected chi connectivity index (χ3v) is 7.91. The standard InChI is InChI=1S/C27H32N2O8/c1-11-24(31)16(28)8-19(36-11)37-18-10-27(34,12(2)30)9-13-7-15-22(25(32)20(13)18)26(33)21-14(23(15)29)5-4-6-17(21)35-3/h4-7,11,16,18-19,23-24,31-32,34H,8-10,28-29H2,1-3H3. The van der Waals surface area contributed by atoms with Crippen LogP contribution in [-0.2, 0) is 20.7 Å². The van der Waals surface area contributed by atoms with Gasteiger partial charge in [-0.1, -0.05) is 18.2 Å². The van der Waals surface area contributed by atoms with Gasteiger partial charge in [0.05, 0.1) is 42.6 Å². The largest absolute Gasteiger partial charge is 0.507 e. The van der Waals surface area contributed by atoms with E-state index in [9.17, 15) is 24.9 Å². The number of aliphatic hydroxyl groups is 2. The number of benzene rings is 2. The molecule has 2 aromatic rings. The van der Waals surface area contributed by atoms with Gasteiger partial charge in [-0.05, 0) is 36.6 Å². The van der Waals surface area contributed by atoms with Gasteiger partial charge in [-0.15, -0.1) is 0 Å². The Balaban J connectivity index is 1.63. The molecule has 1 fully saturated rings. The van der Waals surface area contributed by atoms with Crippen LogP contribution in [0.25, 0.3) is 0 Å². The first-order chi connectivity index (χ1) is 17.5. The zero-order valence-corrected chi connectivity index (χ0v) is 20.9. The molecule has 37 heavy (non-hydrogen) atoms. The van der Waals surface area contributed by atoms with Crippen molar-refractivity contribution in [1.82, 2.24) is 0 Å². The summed E-state index contributed by atoms with van der Waals surface area (Å²) in [5, 5.41) is 32.9. The SMILES string of the molecule is COc1cccc2c1C(=O)c1c(cc3c(c1O)C(OC1CC(N)C(O)C(C)O1)CC(O)(C(C)=O)C3)C2N. The van der Waals surface area contributed by atoms with Crippen LogP contribution in [0.3, 0.4) is 0 Å². The minimum Gasteiger partial charge on any atom is -0.507 e. The third kappa shape index (κ3) is 4.04. The number of fused-ring (bicyclic) bond motifs is 3. The molecule has 3 aliphatic rings. The van der Waals surface area contributed by atoms with E-state index < -0.39 is 53.9 Å². The number of rotatable bonds is 4. The van der Waals surface area contributed by atoms with Gasteiger partial charge in [-0.25, -0.2) is 0 Å². The maximum Gasteiger partial charge on any atom is 0.201 e. The van der Waals surface area contributed by atoms with Crippen LogP contribution in [-0.4, -0.2) is 64.1 Å². The van der Waals surface area contributed by atoms with Gasteiger partial charge in [-0.3, -0.25) is 9.59 Å². The van der Waals surface area contributed by atoms with E-state index in [1.807, 2.05) is 0 Å². The van der Waals surface area contributed by atoms with E-state index in [1.165, 1.54) is 14.0 Å². The quantitative estimate of drug-likeness (QED) is 0.399. The Labute approximate surface area is 214 Å². The lowest BCUT2D eigenvalue weighted by molar-refractivity contribution is -0.247. The van der Waals surface area contributed by atoms with Crippen LogP contribution in [0.4, 0.5) is 0 Å². The first kappa shape index (κ1) is 25.8. The van der Waals surface area contributed by atoms with Crippen molar-refractivity contribution in [3.05, 3.63) is 57.6 Å². The van der Waals surface area contributed by atoms with E-state index in [4.69, 9.17) is 25.7 Å². The van der Waals surface area contributed by atoms with Crippen molar-refractivity contribution in [2.45, 2.75) is 75.4 Å². The van der Waals surface area contributed by atoms with Crippen LogP contribution in [0.5, 0.6) is 11.5 Å². The Morgan fingerprint density at radius 3 is 2.59 bits per heavy atom. The zero-order chi connectivity index (χ0) is 26.8. The van der Waals surface area contributed by atoms with Gasteiger partial charge >= 0.3 is 0 Å². The summed E-state index contributed by atoms with van der Waals surface area (Å²) in [7, 11) is 1.45. The number of carbonyl (C=O) groups excluding carboxylic acids is 2. The number of phenolic OH excluding ortho intramolecular Hbond substituents is 1. The minimum absolute atomic E-state index is 0.0372. The van der Waals surface area contributed by atoms with Crippen LogP contribution in [0.2, 0.25) is 0 Å². The molecular weight excluding hydrogens is 480 g/mol. The molecule has 7 N–H and O–H groups in total. The number of Topliss-reactive ketones (excluding diaryl/α,β-unsaturated/α-hetero) is 1. The predicted octanol–water partition coefficient (Wildman–Crippen LogP) is 1.14. The molecule has 1 saturated heterocycles. The normalized spacial score (nSPS) is 32.8. The second-order valence-electron chi connectivity index (χ2n) is 10.2. The molecule has 10 heteroatoms. The van der Waals surface area contributed by atoms with Gasteiger partial charge in [0.15, 0.2) is 12.1 Å². The van der Waals surface area contributed by atoms with Crippen LogP contribution < -0.4 is 16.2 Å². The number of carbonyl (C=O) groups is 2. The Kier molecular flexibility index (Phi) is 6.38. The highest BCUT2D eigenvalue weighted by molar-refractivity contribution is 6.16. The highest BCUT2D eigenvalue weighted by atomic mass is 16.7. The van der Waals surface area contributed by atoms with Gasteiger partial charge in [0.25, 0.3) is 0 Å². The number of phenols is 1. The van der Waals surface area contributed by atoms with Crippen molar-refractivity contribution in [2.24, 2.45) is 11.5 Å². The van der Waals surface area contributed by atoms with Crippen molar-refractivity contribution >= 4 is 11.6 Å². The number of hydrogen-bond acceptors (Lipinski definition) is 10. The first-order valence-electron chi connectivity index (χ1n) is 12.3. The maximum absolute atomic E-state index is 13.7. The monoisotopic (exact) mass is 512 g/mol. The molecule has 0 aromatic heterocycles. The van der Waals surface area contributed by atoms with E-state index in [0.29, 0.717) is 28.0 Å². The summed E-state index contributed by atoms with van der Waals surface area (Å²) in [6.45, 7) is 2.96. The fraction of sp³-hybridized carbons (Fsp3) is 0.481. The van der Waals surface area contributed by atoms with Crippen molar-refractivity contribution in [1.29, 1.82) is 0 Å². The number of hydrogen-bond donors (Lipinski definition) is 5. The van der Waals surface area contributed by atoms with Crippen molar-refractivity contribution in [3.63, 3.8) is 0 Å². The third-order valence-electron chi connectivity index (χ3n) is 7.91. The van der Waals surface area contributed by atoms with Crippen molar-refractivity contribution in [2.75, 3.05) is 7.11 Å². The number of nitrogens with two attached hydrogens (primary N) is 2. The van der Waals surface area contributed by atoms with Crippen molar-refractivity contribution < 1.29 is 39.1 Å². The molecule has 0 saturated carbocycles. The van der Waals surface area contributed by atoms with Crippen LogP contribution in [0, 0.1) is 0 Å². The van der Waals surface area contributed by atoms with E-state index in [1.54, 1.807) is 31.2 Å². The van der Waals surface area contributed by atoms with Crippen LogP contribution >= 0.6 is 0 Å². The fourth-order valence-electron chi connectivity index (χ4n) is 5.80. The second-order valence-corrected chi connectivity index (χ2v) is 10.2. The summed E-state index contributed by atoms with van der Waals surface area (Å²) in [6, 6.07) is 5.43. The zero-order valence-electron chi connectivity index (χ0n) is 20.9. The molecule has 2 aliphatic carbocycles. The average molecular weight is 513 g/mol. The Morgan fingerprint density at radius 2 is 1.95 bits per heavy atom. The molecule has 1 aliphatic heterocycles. The lowest BCUT2D eigenvalue weighted by Gasteiger charge is -2.42. The summed E-state index contributed by atoms with van der Waals surface area (Å²) in [4.78, 5) is 26.2. The number of ether oxygens (including phenoxy) is 3. The molecule has 7 atom stereocenters. The number of aromatic hydroxyl groups is 1. The fourth-order valence-corrected chi connectivity index (χ4v) is 5.80. The van der Waals surface area contributed by atoms with E-state index >= 15 is 0 Å². The minimum atomic E-state index is -1.76. The molecule has 5 rings (SSSR count). The molecule has 10 nitrogen and oxygen atoms in total. The van der Waals surface area contributed by atoms with Gasteiger partial charge in [0.2, 0.25) is 5.78 Å². The lowest BCUT2D eigenvalue weighted by atomic mass is 9.72. The highest BCUT2D eigenvalue weighted by Gasteiger charge is 2.47. The smallest absolute Gasteiger partial charge is 0.201 e. The maximum atomic E-state index is 13.7. The molecule has 0 radical (unpaired) electrons. The van der Waals surface area contributed by atoms with Gasteiger partial charge in [0, 0.05) is 30.9 Å². The topological polar surface area (TPSA) is 175 Å². The summed E-state index contributed by atoms with van der Waals surface area (Å²) in [5.41, 5.74) is 12.9. The van der Waals surface area contributed by atoms with Crippen LogP contribution in [0.15, 0.2) is 24.3 Å². The molecule has 1 heterocycles. The molecule has 0 bridgehead atoms. The number of methoxy groups -OCH3 is 1. The molecule has 0 amide bonds. The van der Waals surface area contributed by atoms with E-state index in [0.717, 1.165) is 0 Å². The van der Waals surface area contributed by atoms with E-state index in [2.05, 4.69) is 0 Å². The number of aliphatic hydroxyl groups excluding tert-OH is 1. The number of ketones is 2. The molecule has 7 unspecified atom stereocenters. The van der Waals surface area contributed by atoms with Gasteiger partial charge in [-0.2, -0.15) is 0 Å². The Hall–Kier alpha value is -2.86. The average Bonchev–Trinajstić information content (AvgIpc) is 2.84. The summed E-state index contributed by atoms with van der Waals surface area (Å²) in [6.07, 6.45) is -3.42. The molecule has 198 valence electrons. The summed E-state index contributed by atoms with van der Waals surface area (Å²) >= 11 is 0. The van der Waals surface area contributed by atoms with Crippen molar-refractivity contribution in [3.8, 4) is 11.5 Å². The Bertz CT molecular complexity index is 1270. The van der Waals surface area contributed by atoms with Gasteiger partial charge in [0.1, 0.15) is 17.1 Å². The molecular formula is C27H32N2O8. The molecule has 0 spiro atoms. The van der Waals surface area contributed by atoms with E-state index in [-0.39, 0.29) is 36.1 Å². The summed E-state index contributed by atoms with van der Waals surface area (Å²) in [5.74, 6) is -0.863. The summed E-state index contributed by atoms with van der Waals surface area (Å²) < 4.78 is 17.4. The van der Waals surface area contributed by atoms with Gasteiger partial charge < -0.3 is 41.0 Å². The predicted molar refractivity (Wildman–Crippen MR) is 131 cm³/mol. The van der Waals surface area contributed by atoms with Crippen LogP contribution in [0.1, 0.15) is 77.0 Å². The highest BCUT2D eigenvalue weighted by Crippen LogP contribution is 2.50. The second kappa shape index (κ2) is 9.16. The first-order valence-corrected chi connectivity index (χ1v) is 12.3. The lowest BCUT2D eigenvalue weighted by Crippen LogP contribution is -2.52.